The van der Waals surface area contributed by atoms with Gasteiger partial charge in [0.25, 0.3) is 0 Å². The maximum absolute atomic E-state index is 12.9. The van der Waals surface area contributed by atoms with Crippen LogP contribution >= 0.6 is 11.6 Å². The molecule has 0 unspecified atom stereocenters. The molecule has 0 radical (unpaired) electrons. The number of hydrogen-bond donors (Lipinski definition) is 0. The molecule has 0 saturated heterocycles. The van der Waals surface area contributed by atoms with E-state index < -0.39 is 20.9 Å². The smallest absolute Gasteiger partial charge is 0.344 e. The summed E-state index contributed by atoms with van der Waals surface area (Å²) in [5.41, 5.74) is 0. The molecule has 2 rings (SSSR count). The minimum atomic E-state index is -4.08. The molecule has 0 aliphatic carbocycles. The van der Waals surface area contributed by atoms with E-state index in [0.717, 1.165) is 4.68 Å². The SMILES string of the molecule is CCN(CC)C(=O)n1cc(Cl)c(S(=O)(=O)c2cc(OC)cc(OC)c2)n1. The van der Waals surface area contributed by atoms with Gasteiger partial charge in [-0.1, -0.05) is 11.6 Å². The van der Waals surface area contributed by atoms with Gasteiger partial charge in [0.05, 0.1) is 30.3 Å². The van der Waals surface area contributed by atoms with E-state index in [1.807, 2.05) is 13.8 Å². The third-order valence-electron chi connectivity index (χ3n) is 3.76. The first kappa shape index (κ1) is 20.1. The highest BCUT2D eigenvalue weighted by Gasteiger charge is 2.28. The molecule has 0 aliphatic heterocycles. The standard InChI is InChI=1S/C16H20ClN3O5S/c1-5-19(6-2)16(21)20-10-14(17)15(18-20)26(22,23)13-8-11(24-3)7-12(9-13)25-4/h7-10H,5-6H2,1-4H3. The zero-order valence-corrected chi connectivity index (χ0v) is 16.5. The monoisotopic (exact) mass is 401 g/mol. The molecule has 0 N–H and O–H groups in total. The summed E-state index contributed by atoms with van der Waals surface area (Å²) in [5, 5.41) is 3.36. The molecule has 0 bridgehead atoms. The van der Waals surface area contributed by atoms with Crippen LogP contribution in [0.5, 0.6) is 11.5 Å². The number of amides is 1. The van der Waals surface area contributed by atoms with Crippen molar-refractivity contribution in [3.05, 3.63) is 29.4 Å². The second-order valence-electron chi connectivity index (χ2n) is 5.23. The van der Waals surface area contributed by atoms with Crippen LogP contribution in [0.1, 0.15) is 13.8 Å². The van der Waals surface area contributed by atoms with Gasteiger partial charge in [-0.15, -0.1) is 0 Å². The van der Waals surface area contributed by atoms with Gasteiger partial charge in [-0.05, 0) is 26.0 Å². The Hall–Kier alpha value is -2.26. The lowest BCUT2D eigenvalue weighted by molar-refractivity contribution is 0.201. The topological polar surface area (TPSA) is 90.7 Å². The van der Waals surface area contributed by atoms with E-state index >= 15 is 0 Å². The lowest BCUT2D eigenvalue weighted by atomic mass is 10.3. The summed E-state index contributed by atoms with van der Waals surface area (Å²) in [6.07, 6.45) is 1.19. The van der Waals surface area contributed by atoms with E-state index in [-0.39, 0.29) is 9.92 Å². The number of ether oxygens (including phenoxy) is 2. The Morgan fingerprint density at radius 2 is 1.69 bits per heavy atom. The lowest BCUT2D eigenvalue weighted by Gasteiger charge is -2.17. The van der Waals surface area contributed by atoms with Crippen molar-refractivity contribution in [1.29, 1.82) is 0 Å². The Balaban J connectivity index is 2.52. The van der Waals surface area contributed by atoms with E-state index in [4.69, 9.17) is 21.1 Å². The molecule has 0 spiro atoms. The van der Waals surface area contributed by atoms with Gasteiger partial charge in [-0.3, -0.25) is 0 Å². The minimum absolute atomic E-state index is 0.101. The Bertz CT molecular complexity index is 884. The van der Waals surface area contributed by atoms with Gasteiger partial charge in [-0.2, -0.15) is 9.78 Å². The van der Waals surface area contributed by atoms with E-state index in [1.165, 1.54) is 37.4 Å². The molecule has 1 heterocycles. The molecule has 142 valence electrons. The minimum Gasteiger partial charge on any atom is -0.497 e. The average molecular weight is 402 g/mol. The summed E-state index contributed by atoms with van der Waals surface area (Å²) in [4.78, 5) is 13.8. The van der Waals surface area contributed by atoms with Gasteiger partial charge in [0.15, 0.2) is 0 Å². The van der Waals surface area contributed by atoms with Gasteiger partial charge in [0, 0.05) is 19.2 Å². The second-order valence-corrected chi connectivity index (χ2v) is 7.51. The van der Waals surface area contributed by atoms with Crippen LogP contribution in [0, 0.1) is 0 Å². The first-order valence-electron chi connectivity index (χ1n) is 7.81. The first-order chi connectivity index (χ1) is 12.3. The van der Waals surface area contributed by atoms with E-state index in [0.29, 0.717) is 24.6 Å². The molecule has 1 amide bonds. The highest BCUT2D eigenvalue weighted by atomic mass is 35.5. The molecular weight excluding hydrogens is 382 g/mol. The number of hydrogen-bond acceptors (Lipinski definition) is 6. The van der Waals surface area contributed by atoms with Crippen molar-refractivity contribution in [3.8, 4) is 11.5 Å². The maximum atomic E-state index is 12.9. The average Bonchev–Trinajstić information content (AvgIpc) is 3.04. The Morgan fingerprint density at radius 1 is 1.15 bits per heavy atom. The number of aromatic nitrogens is 2. The van der Waals surface area contributed by atoms with Crippen molar-refractivity contribution >= 4 is 27.5 Å². The lowest BCUT2D eigenvalue weighted by Crippen LogP contribution is -2.34. The highest BCUT2D eigenvalue weighted by molar-refractivity contribution is 7.91. The number of carbonyl (C=O) groups is 1. The van der Waals surface area contributed by atoms with Crippen LogP contribution in [-0.2, 0) is 9.84 Å². The van der Waals surface area contributed by atoms with Crippen molar-refractivity contribution in [2.75, 3.05) is 27.3 Å². The van der Waals surface area contributed by atoms with Crippen LogP contribution in [0.15, 0.2) is 34.3 Å². The van der Waals surface area contributed by atoms with Gasteiger partial charge < -0.3 is 14.4 Å². The van der Waals surface area contributed by atoms with Crippen molar-refractivity contribution in [3.63, 3.8) is 0 Å². The van der Waals surface area contributed by atoms with Crippen LogP contribution in [0.2, 0.25) is 5.02 Å². The fraction of sp³-hybridized carbons (Fsp3) is 0.375. The fourth-order valence-electron chi connectivity index (χ4n) is 2.30. The van der Waals surface area contributed by atoms with Gasteiger partial charge in [0.2, 0.25) is 14.9 Å². The highest BCUT2D eigenvalue weighted by Crippen LogP contribution is 2.31. The van der Waals surface area contributed by atoms with Crippen molar-refractivity contribution in [1.82, 2.24) is 14.7 Å². The molecule has 8 nitrogen and oxygen atoms in total. The van der Waals surface area contributed by atoms with E-state index in [1.54, 1.807) is 6.07 Å². The molecule has 1 aromatic carbocycles. The predicted molar refractivity (Wildman–Crippen MR) is 95.9 cm³/mol. The van der Waals surface area contributed by atoms with Gasteiger partial charge >= 0.3 is 6.03 Å². The fourth-order valence-corrected chi connectivity index (χ4v) is 4.01. The third kappa shape index (κ3) is 3.78. The molecule has 0 atom stereocenters. The molecule has 1 aromatic heterocycles. The van der Waals surface area contributed by atoms with Gasteiger partial charge in [-0.25, -0.2) is 13.2 Å². The molecule has 0 aliphatic rings. The summed E-state index contributed by atoms with van der Waals surface area (Å²) in [5.74, 6) is 0.607. The molecule has 0 fully saturated rings. The predicted octanol–water partition coefficient (Wildman–Crippen LogP) is 2.70. The third-order valence-corrected chi connectivity index (χ3v) is 5.81. The number of sulfone groups is 1. The number of benzene rings is 1. The molecule has 26 heavy (non-hydrogen) atoms. The van der Waals surface area contributed by atoms with Crippen LogP contribution in [0.4, 0.5) is 4.79 Å². The summed E-state index contributed by atoms with van der Waals surface area (Å²) in [6, 6.07) is 3.75. The Labute approximate surface area is 157 Å². The Kier molecular flexibility index (Phi) is 6.14. The normalized spacial score (nSPS) is 11.3. The first-order valence-corrected chi connectivity index (χ1v) is 9.67. The van der Waals surface area contributed by atoms with Crippen molar-refractivity contribution in [2.24, 2.45) is 0 Å². The largest absolute Gasteiger partial charge is 0.497 e. The van der Waals surface area contributed by atoms with E-state index in [2.05, 4.69) is 5.10 Å². The van der Waals surface area contributed by atoms with Gasteiger partial charge in [0.1, 0.15) is 11.5 Å². The summed E-state index contributed by atoms with van der Waals surface area (Å²) in [6.45, 7) is 4.54. The maximum Gasteiger partial charge on any atom is 0.344 e. The number of nitrogens with zero attached hydrogens (tertiary/aromatic N) is 3. The van der Waals surface area contributed by atoms with Crippen LogP contribution in [-0.4, -0.2) is 56.4 Å². The number of rotatable bonds is 6. The number of halogens is 1. The van der Waals surface area contributed by atoms with Crippen LogP contribution < -0.4 is 9.47 Å². The van der Waals surface area contributed by atoms with Crippen LogP contribution in [0.3, 0.4) is 0 Å². The molecular formula is C16H20ClN3O5S. The molecule has 0 saturated carbocycles. The number of methoxy groups -OCH3 is 2. The zero-order valence-electron chi connectivity index (χ0n) is 14.9. The van der Waals surface area contributed by atoms with Crippen LogP contribution in [0.25, 0.3) is 0 Å². The molecule has 2 aromatic rings. The van der Waals surface area contributed by atoms with E-state index in [9.17, 15) is 13.2 Å². The summed E-state index contributed by atoms with van der Waals surface area (Å²) >= 11 is 6.07. The second kappa shape index (κ2) is 7.96. The number of carbonyl (C=O) groups excluding carboxylic acids is 1. The summed E-state index contributed by atoms with van der Waals surface area (Å²) < 4.78 is 37.0. The molecule has 10 heteroatoms. The quantitative estimate of drug-likeness (QED) is 0.739. The Morgan fingerprint density at radius 3 is 2.15 bits per heavy atom. The van der Waals surface area contributed by atoms with Crippen molar-refractivity contribution in [2.45, 2.75) is 23.8 Å². The summed E-state index contributed by atoms with van der Waals surface area (Å²) in [7, 11) is -1.26. The zero-order chi connectivity index (χ0) is 19.5. The van der Waals surface area contributed by atoms with Crippen molar-refractivity contribution < 1.29 is 22.7 Å².